The van der Waals surface area contributed by atoms with Crippen molar-refractivity contribution in [1.82, 2.24) is 5.32 Å². The van der Waals surface area contributed by atoms with Gasteiger partial charge < -0.3 is 15.4 Å². The molecular weight excluding hydrogens is 455 g/mol. The molecule has 0 fully saturated rings. The first-order valence-corrected chi connectivity index (χ1v) is 12.0. The number of para-hydroxylation sites is 2. The zero-order valence-corrected chi connectivity index (χ0v) is 20.2. The number of rotatable bonds is 5. The van der Waals surface area contributed by atoms with E-state index >= 15 is 0 Å². The lowest BCUT2D eigenvalue weighted by Gasteiger charge is -2.37. The Morgan fingerprint density at radius 3 is 2.42 bits per heavy atom. The zero-order valence-electron chi connectivity index (χ0n) is 20.2. The third kappa shape index (κ3) is 4.31. The van der Waals surface area contributed by atoms with E-state index in [1.165, 1.54) is 12.1 Å². The molecule has 1 aliphatic carbocycles. The molecule has 5 rings (SSSR count). The molecule has 2 aliphatic rings. The topological polar surface area (TPSA) is 67.4 Å². The summed E-state index contributed by atoms with van der Waals surface area (Å²) < 4.78 is 20.0. The van der Waals surface area contributed by atoms with Gasteiger partial charge in [0.25, 0.3) is 5.91 Å². The van der Waals surface area contributed by atoms with Crippen molar-refractivity contribution in [1.29, 1.82) is 0 Å². The monoisotopic (exact) mass is 482 g/mol. The number of amides is 1. The average molecular weight is 483 g/mol. The fourth-order valence-electron chi connectivity index (χ4n) is 5.27. The quantitative estimate of drug-likeness (QED) is 0.480. The summed E-state index contributed by atoms with van der Waals surface area (Å²) in [5.74, 6) is -1.03. The maximum atomic E-state index is 14.4. The van der Waals surface area contributed by atoms with E-state index in [0.717, 1.165) is 16.8 Å². The minimum atomic E-state index is -0.645. The number of nitrogens with one attached hydrogen (secondary N) is 2. The number of carbonyl (C=O) groups excluding carboxylic acids is 2. The maximum Gasteiger partial charge on any atom is 0.254 e. The van der Waals surface area contributed by atoms with Crippen LogP contribution in [0.4, 0.5) is 10.1 Å². The Morgan fingerprint density at radius 2 is 1.67 bits per heavy atom. The van der Waals surface area contributed by atoms with Gasteiger partial charge in [-0.25, -0.2) is 4.39 Å². The third-order valence-electron chi connectivity index (χ3n) is 6.92. The average Bonchev–Trinajstić information content (AvgIpc) is 2.89. The van der Waals surface area contributed by atoms with Gasteiger partial charge >= 0.3 is 0 Å². The van der Waals surface area contributed by atoms with Crippen LogP contribution in [0, 0.1) is 5.82 Å². The van der Waals surface area contributed by atoms with E-state index < -0.39 is 17.6 Å². The molecule has 0 radical (unpaired) electrons. The molecule has 5 nitrogen and oxygen atoms in total. The maximum absolute atomic E-state index is 14.4. The van der Waals surface area contributed by atoms with Crippen molar-refractivity contribution in [3.63, 3.8) is 0 Å². The van der Waals surface area contributed by atoms with Crippen molar-refractivity contribution < 1.29 is 18.7 Å². The van der Waals surface area contributed by atoms with Gasteiger partial charge in [0, 0.05) is 34.5 Å². The highest BCUT2D eigenvalue weighted by Crippen LogP contribution is 2.47. The molecule has 6 heteroatoms. The van der Waals surface area contributed by atoms with Gasteiger partial charge in [0.15, 0.2) is 5.78 Å². The number of halogens is 1. The van der Waals surface area contributed by atoms with Crippen molar-refractivity contribution in [3.05, 3.63) is 118 Å². The standard InChI is InChI=1S/C30H27FN2O3/c1-18-27(30(35)33-23-14-8-7-13-22(23)31)28(21-12-6-9-15-26(21)36-2)29-24(32-18)16-20(17-25(29)34)19-10-4-3-5-11-19/h3-15,20,28,32H,16-17H2,1-2H3,(H,33,35)/t20-,28+/m0/s1. The molecule has 3 aromatic carbocycles. The van der Waals surface area contributed by atoms with Crippen molar-refractivity contribution >= 4 is 17.4 Å². The second kappa shape index (κ2) is 9.82. The highest BCUT2D eigenvalue weighted by atomic mass is 19.1. The molecule has 0 spiro atoms. The van der Waals surface area contributed by atoms with Gasteiger partial charge in [0.1, 0.15) is 11.6 Å². The molecular formula is C30H27FN2O3. The second-order valence-corrected chi connectivity index (χ2v) is 9.10. The van der Waals surface area contributed by atoms with E-state index in [4.69, 9.17) is 4.74 Å². The largest absolute Gasteiger partial charge is 0.496 e. The van der Waals surface area contributed by atoms with Gasteiger partial charge in [0.2, 0.25) is 0 Å². The van der Waals surface area contributed by atoms with Gasteiger partial charge in [0.05, 0.1) is 18.7 Å². The normalized spacial score (nSPS) is 19.5. The van der Waals surface area contributed by atoms with E-state index in [9.17, 15) is 14.0 Å². The summed E-state index contributed by atoms with van der Waals surface area (Å²) >= 11 is 0. The molecule has 0 saturated carbocycles. The minimum Gasteiger partial charge on any atom is -0.496 e. The highest BCUT2D eigenvalue weighted by Gasteiger charge is 2.42. The second-order valence-electron chi connectivity index (χ2n) is 9.10. The highest BCUT2D eigenvalue weighted by molar-refractivity contribution is 6.10. The van der Waals surface area contributed by atoms with Crippen molar-refractivity contribution in [2.45, 2.75) is 31.6 Å². The number of anilines is 1. The lowest BCUT2D eigenvalue weighted by atomic mass is 9.71. The first kappa shape index (κ1) is 23.5. The molecule has 0 unspecified atom stereocenters. The molecule has 0 bridgehead atoms. The number of methoxy groups -OCH3 is 1. The van der Waals surface area contributed by atoms with Crippen LogP contribution in [-0.2, 0) is 9.59 Å². The number of hydrogen-bond donors (Lipinski definition) is 2. The van der Waals surface area contributed by atoms with Crippen molar-refractivity contribution in [2.75, 3.05) is 12.4 Å². The molecule has 1 aliphatic heterocycles. The molecule has 182 valence electrons. The van der Waals surface area contributed by atoms with E-state index in [-0.39, 0.29) is 17.4 Å². The Kier molecular flexibility index (Phi) is 6.42. The van der Waals surface area contributed by atoms with Crippen molar-refractivity contribution in [3.8, 4) is 5.75 Å². The summed E-state index contributed by atoms with van der Waals surface area (Å²) in [4.78, 5) is 27.4. The first-order chi connectivity index (χ1) is 17.5. The predicted octanol–water partition coefficient (Wildman–Crippen LogP) is 5.83. The molecule has 3 aromatic rings. The van der Waals surface area contributed by atoms with E-state index in [0.29, 0.717) is 35.4 Å². The number of dihydropyridines is 1. The van der Waals surface area contributed by atoms with Crippen LogP contribution in [0.3, 0.4) is 0 Å². The van der Waals surface area contributed by atoms with Gasteiger partial charge in [-0.1, -0.05) is 60.7 Å². The molecule has 0 aromatic heterocycles. The van der Waals surface area contributed by atoms with E-state index in [1.54, 1.807) is 19.2 Å². The van der Waals surface area contributed by atoms with Gasteiger partial charge in [-0.15, -0.1) is 0 Å². The summed E-state index contributed by atoms with van der Waals surface area (Å²) in [5.41, 5.74) is 4.29. The summed E-state index contributed by atoms with van der Waals surface area (Å²) in [6.07, 6.45) is 0.994. The smallest absolute Gasteiger partial charge is 0.254 e. The molecule has 2 N–H and O–H groups in total. The zero-order chi connectivity index (χ0) is 25.2. The number of benzene rings is 3. The Bertz CT molecular complexity index is 1390. The molecule has 1 amide bonds. The Balaban J connectivity index is 1.60. The van der Waals surface area contributed by atoms with Crippen LogP contribution in [0.25, 0.3) is 0 Å². The number of allylic oxidation sites excluding steroid dienone is 3. The van der Waals surface area contributed by atoms with Crippen molar-refractivity contribution in [2.24, 2.45) is 0 Å². The predicted molar refractivity (Wildman–Crippen MR) is 137 cm³/mol. The van der Waals surface area contributed by atoms with Gasteiger partial charge in [-0.05, 0) is 43.0 Å². The summed E-state index contributed by atoms with van der Waals surface area (Å²) in [6.45, 7) is 1.82. The van der Waals surface area contributed by atoms with Crippen LogP contribution >= 0.6 is 0 Å². The first-order valence-electron chi connectivity index (χ1n) is 12.0. The van der Waals surface area contributed by atoms with Crippen LogP contribution < -0.4 is 15.4 Å². The van der Waals surface area contributed by atoms with Crippen LogP contribution in [0.5, 0.6) is 5.75 Å². The van der Waals surface area contributed by atoms with Crippen LogP contribution in [0.2, 0.25) is 0 Å². The Hall–Kier alpha value is -4.19. The van der Waals surface area contributed by atoms with E-state index in [1.807, 2.05) is 61.5 Å². The SMILES string of the molecule is COc1ccccc1[C@@H]1C(C(=O)Nc2ccccc2F)=C(C)NC2=C1C(=O)C[C@@H](c1ccccc1)C2. The summed E-state index contributed by atoms with van der Waals surface area (Å²) in [6, 6.07) is 23.4. The van der Waals surface area contributed by atoms with Gasteiger partial charge in [-0.3, -0.25) is 9.59 Å². The number of Topliss-reactive ketones (excluding diaryl/α,β-unsaturated/α-hetero) is 1. The lowest BCUT2D eigenvalue weighted by Crippen LogP contribution is -2.37. The summed E-state index contributed by atoms with van der Waals surface area (Å²) in [7, 11) is 1.57. The van der Waals surface area contributed by atoms with E-state index in [2.05, 4.69) is 10.6 Å². The fraction of sp³-hybridized carbons (Fsp3) is 0.200. The Morgan fingerprint density at radius 1 is 0.972 bits per heavy atom. The molecule has 0 saturated heterocycles. The van der Waals surface area contributed by atoms with Gasteiger partial charge in [-0.2, -0.15) is 0 Å². The molecule has 2 atom stereocenters. The van der Waals surface area contributed by atoms with Crippen LogP contribution in [-0.4, -0.2) is 18.8 Å². The number of ether oxygens (including phenoxy) is 1. The third-order valence-corrected chi connectivity index (χ3v) is 6.92. The minimum absolute atomic E-state index is 0.0165. The molecule has 36 heavy (non-hydrogen) atoms. The number of hydrogen-bond acceptors (Lipinski definition) is 4. The number of carbonyl (C=O) groups is 2. The summed E-state index contributed by atoms with van der Waals surface area (Å²) in [5, 5.41) is 6.07. The Labute approximate surface area is 209 Å². The fourth-order valence-corrected chi connectivity index (χ4v) is 5.27. The number of ketones is 1. The van der Waals surface area contributed by atoms with Crippen LogP contribution in [0.1, 0.15) is 42.7 Å². The molecule has 1 heterocycles. The van der Waals surface area contributed by atoms with Crippen LogP contribution in [0.15, 0.2) is 101 Å². The lowest BCUT2D eigenvalue weighted by molar-refractivity contribution is -0.116.